The van der Waals surface area contributed by atoms with Gasteiger partial charge in [0, 0.05) is 44.0 Å². The van der Waals surface area contributed by atoms with Crippen molar-refractivity contribution in [3.63, 3.8) is 0 Å². The van der Waals surface area contributed by atoms with E-state index in [2.05, 4.69) is 25.1 Å². The molecule has 3 fully saturated rings. The molecule has 1 atom stereocenters. The molecule has 2 aromatic rings. The minimum Gasteiger partial charge on any atom is -0.396 e. The summed E-state index contributed by atoms with van der Waals surface area (Å²) in [6.07, 6.45) is 6.19. The van der Waals surface area contributed by atoms with E-state index in [0.717, 1.165) is 35.1 Å². The fraction of sp³-hybridized carbons (Fsp3) is 0.452. The zero-order valence-corrected chi connectivity index (χ0v) is 21.6. The Labute approximate surface area is 221 Å². The van der Waals surface area contributed by atoms with E-state index < -0.39 is 11.4 Å². The number of halogens is 1. The van der Waals surface area contributed by atoms with Crippen LogP contribution in [-0.4, -0.2) is 64.3 Å². The molecule has 0 bridgehead atoms. The second kappa shape index (κ2) is 8.60. The molecule has 0 aromatic heterocycles. The van der Waals surface area contributed by atoms with Gasteiger partial charge in [-0.2, -0.15) is 0 Å². The molecule has 5 aliphatic rings. The fourth-order valence-corrected chi connectivity index (χ4v) is 6.30. The van der Waals surface area contributed by atoms with Crippen LogP contribution in [-0.2, 0) is 9.59 Å². The maximum absolute atomic E-state index is 15.7. The summed E-state index contributed by atoms with van der Waals surface area (Å²) in [5.41, 5.74) is 4.81. The molecule has 1 spiro atoms. The molecule has 7 rings (SSSR count). The number of aliphatic hydroxyl groups excluding tert-OH is 1. The lowest BCUT2D eigenvalue weighted by Crippen LogP contribution is -2.55. The maximum Gasteiger partial charge on any atom is 0.256 e. The first kappa shape index (κ1) is 23.8. The van der Waals surface area contributed by atoms with Gasteiger partial charge in [0.15, 0.2) is 0 Å². The maximum atomic E-state index is 15.7. The van der Waals surface area contributed by atoms with Crippen molar-refractivity contribution in [3.05, 3.63) is 65.0 Å². The summed E-state index contributed by atoms with van der Waals surface area (Å²) in [6, 6.07) is 11.4. The number of rotatable bonds is 7. The van der Waals surface area contributed by atoms with Gasteiger partial charge in [-0.25, -0.2) is 4.39 Å². The Kier molecular flexibility index (Phi) is 5.38. The van der Waals surface area contributed by atoms with Gasteiger partial charge in [0.1, 0.15) is 17.2 Å². The molecule has 7 heteroatoms. The topological polar surface area (TPSA) is 73.2 Å². The van der Waals surface area contributed by atoms with Crippen LogP contribution in [0.3, 0.4) is 0 Å². The van der Waals surface area contributed by atoms with Gasteiger partial charge in [0.2, 0.25) is 5.91 Å². The van der Waals surface area contributed by atoms with Crippen molar-refractivity contribution in [1.82, 2.24) is 9.80 Å². The number of carbonyl (C=O) groups excluding carboxylic acids is 2. The van der Waals surface area contributed by atoms with E-state index in [-0.39, 0.29) is 30.3 Å². The quantitative estimate of drug-likeness (QED) is 0.598. The van der Waals surface area contributed by atoms with Gasteiger partial charge >= 0.3 is 0 Å². The number of amides is 2. The summed E-state index contributed by atoms with van der Waals surface area (Å²) in [7, 11) is 0. The Bertz CT molecular complexity index is 1420. The van der Waals surface area contributed by atoms with Crippen LogP contribution in [0, 0.1) is 17.7 Å². The van der Waals surface area contributed by atoms with E-state index in [1.165, 1.54) is 11.6 Å². The second-order valence-electron chi connectivity index (χ2n) is 11.7. The minimum absolute atomic E-state index is 0.0288. The van der Waals surface area contributed by atoms with Crippen LogP contribution < -0.4 is 0 Å². The molecule has 0 radical (unpaired) electrons. The van der Waals surface area contributed by atoms with Crippen molar-refractivity contribution in [2.24, 2.45) is 16.8 Å². The van der Waals surface area contributed by atoms with Crippen LogP contribution in [0.4, 0.5) is 4.39 Å². The van der Waals surface area contributed by atoms with Gasteiger partial charge in [-0.3, -0.25) is 19.5 Å². The van der Waals surface area contributed by atoms with Gasteiger partial charge in [0.25, 0.3) is 5.91 Å². The first-order valence-corrected chi connectivity index (χ1v) is 13.8. The number of aliphatic imine (C=N–C) groups is 1. The van der Waals surface area contributed by atoms with E-state index in [1.54, 1.807) is 11.0 Å². The molecular weight excluding hydrogens is 481 g/mol. The molecule has 3 aliphatic carbocycles. The largest absolute Gasteiger partial charge is 0.396 e. The lowest BCUT2D eigenvalue weighted by atomic mass is 9.94. The highest BCUT2D eigenvalue weighted by Gasteiger charge is 2.58. The van der Waals surface area contributed by atoms with Crippen LogP contribution in [0.5, 0.6) is 0 Å². The normalized spacial score (nSPS) is 23.4. The molecule has 2 saturated carbocycles. The number of likely N-dealkylation sites (tertiary alicyclic amines) is 1. The van der Waals surface area contributed by atoms with Gasteiger partial charge in [-0.15, -0.1) is 0 Å². The summed E-state index contributed by atoms with van der Waals surface area (Å²) in [4.78, 5) is 33.9. The molecule has 196 valence electrons. The van der Waals surface area contributed by atoms with Gasteiger partial charge in [-0.1, -0.05) is 31.2 Å². The minimum atomic E-state index is -0.709. The van der Waals surface area contributed by atoms with E-state index in [9.17, 15) is 14.7 Å². The summed E-state index contributed by atoms with van der Waals surface area (Å²) >= 11 is 0. The SMILES string of the molecule is CC1C=C(CCO)c2cc(-c3ccc(C4=NC5(CC5)C(=O)N4CC4CN(C(=O)C5CC5)C4)c(F)c3)ccc21. The highest BCUT2D eigenvalue weighted by Crippen LogP contribution is 2.47. The third-order valence-electron chi connectivity index (χ3n) is 8.84. The average Bonchev–Trinajstić information content (AvgIpc) is 3.80. The molecule has 2 heterocycles. The van der Waals surface area contributed by atoms with E-state index >= 15 is 4.39 Å². The summed E-state index contributed by atoms with van der Waals surface area (Å²) in [6.45, 7) is 4.03. The summed E-state index contributed by atoms with van der Waals surface area (Å²) in [5.74, 6) is 0.943. The first-order valence-electron chi connectivity index (χ1n) is 13.8. The lowest BCUT2D eigenvalue weighted by Gasteiger charge is -2.41. The van der Waals surface area contributed by atoms with E-state index in [4.69, 9.17) is 4.99 Å². The van der Waals surface area contributed by atoms with Gasteiger partial charge in [-0.05, 0) is 78.1 Å². The predicted octanol–water partition coefficient (Wildman–Crippen LogP) is 4.37. The van der Waals surface area contributed by atoms with Crippen LogP contribution in [0.2, 0.25) is 0 Å². The Balaban J connectivity index is 1.13. The Hall–Kier alpha value is -3.32. The third-order valence-corrected chi connectivity index (χ3v) is 8.84. The van der Waals surface area contributed by atoms with Gasteiger partial charge in [0.05, 0.1) is 5.56 Å². The molecule has 1 unspecified atom stereocenters. The molecule has 38 heavy (non-hydrogen) atoms. The van der Waals surface area contributed by atoms with Crippen molar-refractivity contribution < 1.29 is 19.1 Å². The molecule has 2 aliphatic heterocycles. The molecule has 1 saturated heterocycles. The van der Waals surface area contributed by atoms with Crippen LogP contribution in [0.1, 0.15) is 61.6 Å². The van der Waals surface area contributed by atoms with Crippen molar-refractivity contribution in [2.75, 3.05) is 26.2 Å². The van der Waals surface area contributed by atoms with Crippen LogP contribution in [0.15, 0.2) is 47.5 Å². The molecule has 2 amide bonds. The number of hydrogen-bond donors (Lipinski definition) is 1. The van der Waals surface area contributed by atoms with Crippen LogP contribution in [0.25, 0.3) is 16.7 Å². The van der Waals surface area contributed by atoms with E-state index in [1.807, 2.05) is 17.0 Å². The Morgan fingerprint density at radius 2 is 1.84 bits per heavy atom. The summed E-state index contributed by atoms with van der Waals surface area (Å²) < 4.78 is 15.7. The average molecular weight is 514 g/mol. The molecule has 2 aromatic carbocycles. The number of hydrogen-bond acceptors (Lipinski definition) is 4. The van der Waals surface area contributed by atoms with Crippen LogP contribution >= 0.6 is 0 Å². The number of allylic oxidation sites excluding steroid dienone is 1. The second-order valence-corrected chi connectivity index (χ2v) is 11.7. The molecule has 1 N–H and O–H groups in total. The van der Waals surface area contributed by atoms with E-state index in [0.29, 0.717) is 56.2 Å². The Morgan fingerprint density at radius 3 is 2.53 bits per heavy atom. The Morgan fingerprint density at radius 1 is 1.11 bits per heavy atom. The smallest absolute Gasteiger partial charge is 0.256 e. The standard InChI is InChI=1S/C31H32FN3O3/c1-18-12-23(8-11-36)26-13-21(4-6-24(18)26)22-5-7-25(27(32)14-22)28-33-31(9-10-31)30(38)35(28)17-19-15-34(16-19)29(37)20-2-3-20/h4-7,12-14,18-20,36H,2-3,8-11,15-17H2,1H3. The first-order chi connectivity index (χ1) is 18.4. The summed E-state index contributed by atoms with van der Waals surface area (Å²) in [5, 5.41) is 9.47. The molecular formula is C31H32FN3O3. The van der Waals surface area contributed by atoms with Crippen molar-refractivity contribution in [1.29, 1.82) is 0 Å². The number of benzene rings is 2. The van der Waals surface area contributed by atoms with Crippen molar-refractivity contribution >= 4 is 23.2 Å². The number of amidine groups is 1. The lowest BCUT2D eigenvalue weighted by molar-refractivity contribution is -0.139. The number of fused-ring (bicyclic) bond motifs is 1. The number of aliphatic hydroxyl groups is 1. The number of carbonyl (C=O) groups is 2. The highest BCUT2D eigenvalue weighted by atomic mass is 19.1. The van der Waals surface area contributed by atoms with Crippen molar-refractivity contribution in [3.8, 4) is 11.1 Å². The zero-order chi connectivity index (χ0) is 26.2. The van der Waals surface area contributed by atoms with Crippen molar-refractivity contribution in [2.45, 2.75) is 50.5 Å². The zero-order valence-electron chi connectivity index (χ0n) is 21.6. The monoisotopic (exact) mass is 513 g/mol. The fourth-order valence-electron chi connectivity index (χ4n) is 6.30. The predicted molar refractivity (Wildman–Crippen MR) is 143 cm³/mol. The van der Waals surface area contributed by atoms with Gasteiger partial charge < -0.3 is 10.0 Å². The highest BCUT2D eigenvalue weighted by molar-refractivity contribution is 6.16. The third kappa shape index (κ3) is 3.82. The molecule has 6 nitrogen and oxygen atoms in total. The number of nitrogens with zero attached hydrogens (tertiary/aromatic N) is 3.